The Labute approximate surface area is 191 Å². The molecule has 4 rings (SSSR count). The highest BCUT2D eigenvalue weighted by molar-refractivity contribution is 5.60. The molecule has 1 fully saturated rings. The first-order valence-electron chi connectivity index (χ1n) is 10.9. The van der Waals surface area contributed by atoms with Gasteiger partial charge in [0.1, 0.15) is 11.6 Å². The van der Waals surface area contributed by atoms with Gasteiger partial charge in [-0.2, -0.15) is 4.98 Å². The van der Waals surface area contributed by atoms with Gasteiger partial charge in [-0.3, -0.25) is 0 Å². The third-order valence-corrected chi connectivity index (χ3v) is 5.44. The van der Waals surface area contributed by atoms with Crippen LogP contribution >= 0.6 is 0 Å². The Bertz CT molecular complexity index is 1030. The van der Waals surface area contributed by atoms with E-state index in [1.165, 1.54) is 12.8 Å². The summed E-state index contributed by atoms with van der Waals surface area (Å²) in [6.45, 7) is 5.84. The number of likely N-dealkylation sites (tertiary alicyclic amines) is 1. The highest BCUT2D eigenvalue weighted by Crippen LogP contribution is 2.31. The van der Waals surface area contributed by atoms with Crippen LogP contribution in [0.25, 0.3) is 0 Å². The van der Waals surface area contributed by atoms with E-state index in [1.807, 2.05) is 0 Å². The SMILES string of the molecule is Cc1onc(O)c1CNc1ccnc(Nc2ccc(OO)c(OCCCN3CCCC3)c2)n1. The smallest absolute Gasteiger partial charge is 0.256 e. The van der Waals surface area contributed by atoms with E-state index < -0.39 is 0 Å². The first kappa shape index (κ1) is 22.6. The second-order valence-corrected chi connectivity index (χ2v) is 7.79. The van der Waals surface area contributed by atoms with Crippen LogP contribution in [0.2, 0.25) is 0 Å². The largest absolute Gasteiger partial charge is 0.491 e. The van der Waals surface area contributed by atoms with E-state index >= 15 is 0 Å². The molecule has 0 aliphatic carbocycles. The first-order chi connectivity index (χ1) is 16.1. The van der Waals surface area contributed by atoms with Gasteiger partial charge < -0.3 is 34.8 Å². The fourth-order valence-corrected chi connectivity index (χ4v) is 3.66. The molecule has 1 saturated heterocycles. The zero-order valence-electron chi connectivity index (χ0n) is 18.5. The van der Waals surface area contributed by atoms with Crippen molar-refractivity contribution in [1.29, 1.82) is 0 Å². The molecule has 1 aliphatic rings. The highest BCUT2D eigenvalue weighted by Gasteiger charge is 2.13. The predicted octanol–water partition coefficient (Wildman–Crippen LogP) is 3.55. The summed E-state index contributed by atoms with van der Waals surface area (Å²) in [5.41, 5.74) is 1.24. The third kappa shape index (κ3) is 6.02. The summed E-state index contributed by atoms with van der Waals surface area (Å²) in [7, 11) is 0. The van der Waals surface area contributed by atoms with Crippen LogP contribution in [0.5, 0.6) is 17.4 Å². The van der Waals surface area contributed by atoms with Crippen molar-refractivity contribution in [3.05, 3.63) is 41.8 Å². The lowest BCUT2D eigenvalue weighted by atomic mass is 10.2. The molecule has 0 radical (unpaired) electrons. The predicted molar refractivity (Wildman–Crippen MR) is 121 cm³/mol. The Morgan fingerprint density at radius 2 is 2.03 bits per heavy atom. The van der Waals surface area contributed by atoms with E-state index in [-0.39, 0.29) is 11.6 Å². The second kappa shape index (κ2) is 10.8. The van der Waals surface area contributed by atoms with Crippen LogP contribution in [0.4, 0.5) is 17.5 Å². The van der Waals surface area contributed by atoms with E-state index in [9.17, 15) is 10.4 Å². The van der Waals surface area contributed by atoms with Crippen molar-refractivity contribution in [3.63, 3.8) is 0 Å². The number of aromatic nitrogens is 3. The molecule has 0 amide bonds. The monoisotopic (exact) mass is 456 g/mol. The fraction of sp³-hybridized carbons (Fsp3) is 0.409. The van der Waals surface area contributed by atoms with Gasteiger partial charge in [-0.15, -0.1) is 0 Å². The van der Waals surface area contributed by atoms with E-state index in [0.717, 1.165) is 26.1 Å². The summed E-state index contributed by atoms with van der Waals surface area (Å²) < 4.78 is 10.8. The zero-order valence-corrected chi connectivity index (χ0v) is 18.5. The summed E-state index contributed by atoms with van der Waals surface area (Å²) in [5, 5.41) is 28.7. The molecule has 0 unspecified atom stereocenters. The van der Waals surface area contributed by atoms with Gasteiger partial charge in [0.25, 0.3) is 5.88 Å². The number of hydrogen-bond donors (Lipinski definition) is 4. The van der Waals surface area contributed by atoms with Crippen molar-refractivity contribution in [1.82, 2.24) is 20.0 Å². The third-order valence-electron chi connectivity index (χ3n) is 5.44. The average Bonchev–Trinajstić information content (AvgIpc) is 3.45. The van der Waals surface area contributed by atoms with Crippen molar-refractivity contribution >= 4 is 17.5 Å². The standard InChI is InChI=1S/C22H28N6O5/c1-15-17(21(29)27-32-15)14-24-20-7-8-23-22(26-20)25-16-5-6-18(33-30)19(13-16)31-12-4-11-28-9-2-3-10-28/h5-8,13,30H,2-4,9-12,14H2,1H3,(H,27,29)(H2,23,24,25,26). The molecule has 0 spiro atoms. The Balaban J connectivity index is 1.35. The molecule has 11 nitrogen and oxygen atoms in total. The average molecular weight is 457 g/mol. The normalized spacial score (nSPS) is 13.8. The topological polar surface area (TPSA) is 138 Å². The lowest BCUT2D eigenvalue weighted by molar-refractivity contribution is -0.139. The molecule has 11 heteroatoms. The quantitative estimate of drug-likeness (QED) is 0.191. The molecule has 0 saturated carbocycles. The summed E-state index contributed by atoms with van der Waals surface area (Å²) in [6.07, 6.45) is 5.02. The van der Waals surface area contributed by atoms with Crippen LogP contribution in [0.15, 0.2) is 35.0 Å². The Hall–Kier alpha value is -3.57. The molecule has 1 aliphatic heterocycles. The molecular weight excluding hydrogens is 428 g/mol. The van der Waals surface area contributed by atoms with E-state index in [1.54, 1.807) is 37.4 Å². The Kier molecular flexibility index (Phi) is 7.43. The van der Waals surface area contributed by atoms with E-state index in [0.29, 0.717) is 47.7 Å². The Morgan fingerprint density at radius 1 is 1.18 bits per heavy atom. The number of anilines is 3. The number of aryl methyl sites for hydroxylation is 1. The minimum absolute atomic E-state index is 0.147. The van der Waals surface area contributed by atoms with Crippen molar-refractivity contribution in [2.45, 2.75) is 32.7 Å². The maximum absolute atomic E-state index is 9.73. The first-order valence-corrected chi connectivity index (χ1v) is 10.9. The maximum Gasteiger partial charge on any atom is 0.256 e. The number of aromatic hydroxyl groups is 1. The number of hydrogen-bond acceptors (Lipinski definition) is 11. The van der Waals surface area contributed by atoms with Gasteiger partial charge in [-0.1, -0.05) is 0 Å². The molecule has 3 aromatic rings. The lowest BCUT2D eigenvalue weighted by Gasteiger charge is -2.15. The number of ether oxygens (including phenoxy) is 1. The van der Waals surface area contributed by atoms with Crippen molar-refractivity contribution in [2.24, 2.45) is 0 Å². The number of benzene rings is 1. The molecule has 4 N–H and O–H groups in total. The minimum Gasteiger partial charge on any atom is -0.491 e. The number of nitrogens with zero attached hydrogens (tertiary/aromatic N) is 4. The summed E-state index contributed by atoms with van der Waals surface area (Å²) in [4.78, 5) is 15.5. The van der Waals surface area contributed by atoms with Crippen LogP contribution in [-0.4, -0.2) is 56.6 Å². The highest BCUT2D eigenvalue weighted by atomic mass is 17.1. The summed E-state index contributed by atoms with van der Waals surface area (Å²) >= 11 is 0. The molecule has 0 bridgehead atoms. The molecule has 33 heavy (non-hydrogen) atoms. The van der Waals surface area contributed by atoms with Gasteiger partial charge in [-0.05, 0) is 62.6 Å². The summed E-state index contributed by atoms with van der Waals surface area (Å²) in [5.74, 6) is 1.97. The molecule has 176 valence electrons. The van der Waals surface area contributed by atoms with E-state index in [4.69, 9.17) is 9.26 Å². The molecule has 1 aromatic carbocycles. The molecule has 2 aromatic heterocycles. The maximum atomic E-state index is 9.73. The van der Waals surface area contributed by atoms with Crippen LogP contribution in [-0.2, 0) is 6.54 Å². The van der Waals surface area contributed by atoms with Crippen LogP contribution in [0, 0.1) is 6.92 Å². The van der Waals surface area contributed by atoms with Crippen LogP contribution in [0.3, 0.4) is 0 Å². The number of nitrogens with one attached hydrogen (secondary N) is 2. The molecular formula is C22H28N6O5. The van der Waals surface area contributed by atoms with Crippen LogP contribution < -0.4 is 20.3 Å². The van der Waals surface area contributed by atoms with Gasteiger partial charge in [0.15, 0.2) is 5.75 Å². The van der Waals surface area contributed by atoms with Crippen molar-refractivity contribution in [3.8, 4) is 17.4 Å². The van der Waals surface area contributed by atoms with Gasteiger partial charge in [0, 0.05) is 24.5 Å². The molecule has 0 atom stereocenters. The number of rotatable bonds is 11. The molecule has 3 heterocycles. The van der Waals surface area contributed by atoms with Crippen LogP contribution in [0.1, 0.15) is 30.6 Å². The summed E-state index contributed by atoms with van der Waals surface area (Å²) in [6, 6.07) is 6.77. The van der Waals surface area contributed by atoms with Gasteiger partial charge >= 0.3 is 0 Å². The van der Waals surface area contributed by atoms with Gasteiger partial charge in [0.05, 0.1) is 18.7 Å². The minimum atomic E-state index is -0.147. The van der Waals surface area contributed by atoms with Gasteiger partial charge in [-0.25, -0.2) is 10.2 Å². The zero-order chi connectivity index (χ0) is 23.0. The van der Waals surface area contributed by atoms with Crippen molar-refractivity contribution in [2.75, 3.05) is 36.9 Å². The fourth-order valence-electron chi connectivity index (χ4n) is 3.66. The second-order valence-electron chi connectivity index (χ2n) is 7.79. The van der Waals surface area contributed by atoms with Crippen molar-refractivity contribution < 1.29 is 24.5 Å². The van der Waals surface area contributed by atoms with Gasteiger partial charge in [0.2, 0.25) is 11.7 Å². The van der Waals surface area contributed by atoms with E-state index in [2.05, 4.69) is 35.5 Å². The lowest BCUT2D eigenvalue weighted by Crippen LogP contribution is -2.21. The Morgan fingerprint density at radius 3 is 2.79 bits per heavy atom.